The van der Waals surface area contributed by atoms with E-state index in [0.29, 0.717) is 18.4 Å². The maximum Gasteiger partial charge on any atom is 0.334 e. The molecule has 1 aliphatic carbocycles. The van der Waals surface area contributed by atoms with E-state index >= 15 is 0 Å². The van der Waals surface area contributed by atoms with E-state index in [1.54, 1.807) is 26.4 Å². The molecule has 1 saturated carbocycles. The molecule has 0 aromatic rings. The van der Waals surface area contributed by atoms with Crippen molar-refractivity contribution >= 4 is 17.9 Å². The van der Waals surface area contributed by atoms with Crippen LogP contribution in [0.1, 0.15) is 33.6 Å². The molecular formula is C21H26O7. The van der Waals surface area contributed by atoms with Crippen molar-refractivity contribution in [3.05, 3.63) is 36.3 Å². The lowest BCUT2D eigenvalue weighted by Crippen LogP contribution is -2.46. The standard InChI is InChI=1S/C21H26O7/c1-12(2)19(23)26-10-15-9-25-6-5-21(11-27-14(4)22)8-18-16(7-17(15)21)13(3)20(24)28-18/h5-6,9,12,16-18H,3,7-8,10-11H2,1-2,4H3/t16-,17-,18+,21-/m0/s1. The Morgan fingerprint density at radius 1 is 1.36 bits per heavy atom. The van der Waals surface area contributed by atoms with Crippen molar-refractivity contribution in [2.45, 2.75) is 39.7 Å². The maximum absolute atomic E-state index is 12.0. The van der Waals surface area contributed by atoms with Crippen LogP contribution in [-0.2, 0) is 33.3 Å². The summed E-state index contributed by atoms with van der Waals surface area (Å²) in [5.74, 6) is -1.60. The van der Waals surface area contributed by atoms with Crippen molar-refractivity contribution in [3.8, 4) is 0 Å². The first-order chi connectivity index (χ1) is 13.2. The van der Waals surface area contributed by atoms with E-state index < -0.39 is 11.4 Å². The number of carbonyl (C=O) groups is 3. The molecule has 0 unspecified atom stereocenters. The molecule has 0 aromatic heterocycles. The molecule has 0 bridgehead atoms. The first-order valence-electron chi connectivity index (χ1n) is 9.45. The van der Waals surface area contributed by atoms with Crippen LogP contribution < -0.4 is 0 Å². The van der Waals surface area contributed by atoms with Gasteiger partial charge in [-0.1, -0.05) is 20.4 Å². The zero-order chi connectivity index (χ0) is 20.5. The van der Waals surface area contributed by atoms with Crippen molar-refractivity contribution in [1.82, 2.24) is 0 Å². The van der Waals surface area contributed by atoms with E-state index in [1.807, 2.05) is 6.08 Å². The highest BCUT2D eigenvalue weighted by Crippen LogP contribution is 2.53. The minimum Gasteiger partial charge on any atom is -0.473 e. The first-order valence-corrected chi connectivity index (χ1v) is 9.45. The smallest absolute Gasteiger partial charge is 0.334 e. The molecule has 0 N–H and O–H groups in total. The summed E-state index contributed by atoms with van der Waals surface area (Å²) in [6.07, 6.45) is 5.68. The van der Waals surface area contributed by atoms with Gasteiger partial charge in [0.2, 0.25) is 0 Å². The average Bonchev–Trinajstić information content (AvgIpc) is 2.81. The van der Waals surface area contributed by atoms with E-state index in [9.17, 15) is 14.4 Å². The number of hydrogen-bond acceptors (Lipinski definition) is 7. The molecule has 2 aliphatic heterocycles. The zero-order valence-electron chi connectivity index (χ0n) is 16.4. The second kappa shape index (κ2) is 7.81. The van der Waals surface area contributed by atoms with E-state index in [0.717, 1.165) is 5.57 Å². The second-order valence-electron chi connectivity index (χ2n) is 7.98. The molecule has 0 aromatic carbocycles. The lowest BCUT2D eigenvalue weighted by atomic mass is 9.60. The number of carbonyl (C=O) groups excluding carboxylic acids is 3. The van der Waals surface area contributed by atoms with Gasteiger partial charge in [0.25, 0.3) is 0 Å². The molecule has 7 nitrogen and oxygen atoms in total. The molecule has 4 atom stereocenters. The summed E-state index contributed by atoms with van der Waals surface area (Å²) in [6, 6.07) is 0. The van der Waals surface area contributed by atoms with Crippen LogP contribution in [0.15, 0.2) is 36.3 Å². The van der Waals surface area contributed by atoms with Gasteiger partial charge in [-0.2, -0.15) is 0 Å². The highest BCUT2D eigenvalue weighted by molar-refractivity contribution is 5.90. The normalized spacial score (nSPS) is 31.1. The van der Waals surface area contributed by atoms with Crippen LogP contribution in [0.4, 0.5) is 0 Å². The van der Waals surface area contributed by atoms with E-state index in [-0.39, 0.29) is 49.0 Å². The second-order valence-corrected chi connectivity index (χ2v) is 7.98. The van der Waals surface area contributed by atoms with Crippen LogP contribution >= 0.6 is 0 Å². The molecule has 7 heteroatoms. The predicted molar refractivity (Wildman–Crippen MR) is 98.4 cm³/mol. The Balaban J connectivity index is 1.90. The fourth-order valence-electron chi connectivity index (χ4n) is 4.14. The molecule has 2 heterocycles. The van der Waals surface area contributed by atoms with Gasteiger partial charge in [-0.05, 0) is 24.8 Å². The molecule has 2 fully saturated rings. The van der Waals surface area contributed by atoms with Gasteiger partial charge in [-0.15, -0.1) is 0 Å². The van der Waals surface area contributed by atoms with Gasteiger partial charge in [-0.25, -0.2) is 4.79 Å². The van der Waals surface area contributed by atoms with E-state index in [2.05, 4.69) is 6.58 Å². The topological polar surface area (TPSA) is 88.1 Å². The van der Waals surface area contributed by atoms with Crippen molar-refractivity contribution in [2.24, 2.45) is 23.2 Å². The third-order valence-corrected chi connectivity index (χ3v) is 5.72. The van der Waals surface area contributed by atoms with Crippen molar-refractivity contribution in [3.63, 3.8) is 0 Å². The summed E-state index contributed by atoms with van der Waals surface area (Å²) in [7, 11) is 0. The van der Waals surface area contributed by atoms with Gasteiger partial charge in [0.05, 0.1) is 18.4 Å². The maximum atomic E-state index is 12.0. The highest BCUT2D eigenvalue weighted by Gasteiger charge is 2.54. The molecule has 0 spiro atoms. The highest BCUT2D eigenvalue weighted by atomic mass is 16.6. The van der Waals surface area contributed by atoms with Gasteiger partial charge >= 0.3 is 17.9 Å². The van der Waals surface area contributed by atoms with Crippen LogP contribution in [0.2, 0.25) is 0 Å². The fourth-order valence-corrected chi connectivity index (χ4v) is 4.14. The van der Waals surface area contributed by atoms with Crippen LogP contribution in [0.25, 0.3) is 0 Å². The summed E-state index contributed by atoms with van der Waals surface area (Å²) in [4.78, 5) is 35.5. The van der Waals surface area contributed by atoms with E-state index in [4.69, 9.17) is 18.9 Å². The molecular weight excluding hydrogens is 364 g/mol. The zero-order valence-corrected chi connectivity index (χ0v) is 16.4. The Morgan fingerprint density at radius 3 is 2.79 bits per heavy atom. The fraction of sp³-hybridized carbons (Fsp3) is 0.571. The summed E-state index contributed by atoms with van der Waals surface area (Å²) in [6.45, 7) is 8.97. The van der Waals surface area contributed by atoms with E-state index in [1.165, 1.54) is 6.92 Å². The van der Waals surface area contributed by atoms with Crippen molar-refractivity contribution in [1.29, 1.82) is 0 Å². The van der Waals surface area contributed by atoms with Crippen LogP contribution in [-0.4, -0.2) is 37.2 Å². The van der Waals surface area contributed by atoms with Gasteiger partial charge in [0.15, 0.2) is 0 Å². The predicted octanol–water partition coefficient (Wildman–Crippen LogP) is 2.67. The Labute approximate surface area is 164 Å². The van der Waals surface area contributed by atoms with Gasteiger partial charge < -0.3 is 18.9 Å². The summed E-state index contributed by atoms with van der Waals surface area (Å²) in [5, 5.41) is 0. The third-order valence-electron chi connectivity index (χ3n) is 5.72. The Hall–Kier alpha value is -2.57. The first kappa shape index (κ1) is 20.2. The molecule has 1 saturated heterocycles. The largest absolute Gasteiger partial charge is 0.473 e. The monoisotopic (exact) mass is 390 g/mol. The SMILES string of the molecule is C=C1C(=O)O[C@@H]2C[C@]3(COC(C)=O)C=COC=C(COC(=O)C(C)C)[C@@H]3C[C@@H]12. The average molecular weight is 390 g/mol. The molecule has 152 valence electrons. The Morgan fingerprint density at radius 2 is 2.11 bits per heavy atom. The summed E-state index contributed by atoms with van der Waals surface area (Å²) < 4.78 is 21.8. The summed E-state index contributed by atoms with van der Waals surface area (Å²) in [5.41, 5.74) is 0.611. The minimum absolute atomic E-state index is 0.0733. The molecule has 28 heavy (non-hydrogen) atoms. The van der Waals surface area contributed by atoms with Gasteiger partial charge in [0, 0.05) is 29.4 Å². The molecule has 0 radical (unpaired) electrons. The van der Waals surface area contributed by atoms with Crippen LogP contribution in [0, 0.1) is 23.2 Å². The number of hydrogen-bond donors (Lipinski definition) is 0. The number of rotatable bonds is 5. The van der Waals surface area contributed by atoms with Crippen LogP contribution in [0.3, 0.4) is 0 Å². The summed E-state index contributed by atoms with van der Waals surface area (Å²) >= 11 is 0. The lowest BCUT2D eigenvalue weighted by molar-refractivity contribution is -0.150. The van der Waals surface area contributed by atoms with Gasteiger partial charge in [-0.3, -0.25) is 9.59 Å². The Bertz CT molecular complexity index is 748. The molecule has 3 aliphatic rings. The third kappa shape index (κ3) is 3.84. The van der Waals surface area contributed by atoms with Crippen molar-refractivity contribution in [2.75, 3.05) is 13.2 Å². The Kier molecular flexibility index (Phi) is 5.63. The minimum atomic E-state index is -0.621. The molecule has 3 rings (SSSR count). The van der Waals surface area contributed by atoms with Crippen LogP contribution in [0.5, 0.6) is 0 Å². The molecule has 0 amide bonds. The number of esters is 3. The van der Waals surface area contributed by atoms with Gasteiger partial charge in [0.1, 0.15) is 19.3 Å². The lowest BCUT2D eigenvalue weighted by Gasteiger charge is -2.45. The number of fused-ring (bicyclic) bond motifs is 2. The quantitative estimate of drug-likeness (QED) is 0.405. The number of ether oxygens (including phenoxy) is 4. The van der Waals surface area contributed by atoms with Crippen molar-refractivity contribution < 1.29 is 33.3 Å².